The van der Waals surface area contributed by atoms with Gasteiger partial charge in [-0.2, -0.15) is 0 Å². The lowest BCUT2D eigenvalue weighted by atomic mass is 10.1. The summed E-state index contributed by atoms with van der Waals surface area (Å²) in [7, 11) is 0. The van der Waals surface area contributed by atoms with Crippen LogP contribution < -0.4 is 5.73 Å². The zero-order chi connectivity index (χ0) is 8.01. The quantitative estimate of drug-likeness (QED) is 0.663. The highest BCUT2D eigenvalue weighted by Crippen LogP contribution is 2.41. The SMILES string of the molecule is Cc1cc([C@@H]2C[C@H]2N)c(C)o1. The Hall–Kier alpha value is -0.760. The predicted molar refractivity (Wildman–Crippen MR) is 43.5 cm³/mol. The van der Waals surface area contributed by atoms with E-state index in [1.165, 1.54) is 5.56 Å². The third kappa shape index (κ3) is 1.07. The smallest absolute Gasteiger partial charge is 0.104 e. The molecule has 1 aromatic heterocycles. The number of furan rings is 1. The van der Waals surface area contributed by atoms with E-state index < -0.39 is 0 Å². The minimum Gasteiger partial charge on any atom is -0.466 e. The van der Waals surface area contributed by atoms with Crippen LogP contribution in [0, 0.1) is 13.8 Å². The molecular formula is C9H13NO. The molecule has 0 spiro atoms. The molecule has 1 fully saturated rings. The van der Waals surface area contributed by atoms with Crippen LogP contribution in [0.4, 0.5) is 0 Å². The molecule has 1 aromatic rings. The average Bonchev–Trinajstić information content (AvgIpc) is 2.52. The van der Waals surface area contributed by atoms with Gasteiger partial charge < -0.3 is 10.2 Å². The molecule has 1 aliphatic carbocycles. The second-order valence-corrected chi connectivity index (χ2v) is 3.37. The molecule has 0 aliphatic heterocycles. The van der Waals surface area contributed by atoms with Crippen molar-refractivity contribution < 1.29 is 4.42 Å². The van der Waals surface area contributed by atoms with Crippen LogP contribution in [-0.4, -0.2) is 6.04 Å². The molecular weight excluding hydrogens is 138 g/mol. The zero-order valence-electron chi connectivity index (χ0n) is 6.92. The molecule has 11 heavy (non-hydrogen) atoms. The Kier molecular flexibility index (Phi) is 1.33. The second kappa shape index (κ2) is 2.11. The first-order valence-corrected chi connectivity index (χ1v) is 4.01. The van der Waals surface area contributed by atoms with Crippen LogP contribution in [0.3, 0.4) is 0 Å². The van der Waals surface area contributed by atoms with Gasteiger partial charge in [-0.15, -0.1) is 0 Å². The fourth-order valence-corrected chi connectivity index (χ4v) is 1.59. The Labute approximate surface area is 66.4 Å². The van der Waals surface area contributed by atoms with Crippen LogP contribution in [0.1, 0.15) is 29.4 Å². The van der Waals surface area contributed by atoms with Gasteiger partial charge in [0.25, 0.3) is 0 Å². The summed E-state index contributed by atoms with van der Waals surface area (Å²) in [6.07, 6.45) is 1.12. The van der Waals surface area contributed by atoms with Crippen molar-refractivity contribution in [1.82, 2.24) is 0 Å². The molecule has 60 valence electrons. The fraction of sp³-hybridized carbons (Fsp3) is 0.556. The van der Waals surface area contributed by atoms with Crippen molar-refractivity contribution in [3.05, 3.63) is 23.2 Å². The molecule has 0 amide bonds. The maximum absolute atomic E-state index is 5.73. The maximum Gasteiger partial charge on any atom is 0.104 e. The molecule has 0 radical (unpaired) electrons. The number of hydrogen-bond donors (Lipinski definition) is 1. The summed E-state index contributed by atoms with van der Waals surface area (Å²) in [5.74, 6) is 2.62. The fourth-order valence-electron chi connectivity index (χ4n) is 1.59. The highest BCUT2D eigenvalue weighted by Gasteiger charge is 2.37. The molecule has 1 aliphatic rings. The maximum atomic E-state index is 5.73. The molecule has 0 bridgehead atoms. The van der Waals surface area contributed by atoms with Crippen molar-refractivity contribution in [2.24, 2.45) is 5.73 Å². The highest BCUT2D eigenvalue weighted by molar-refractivity contribution is 5.31. The molecule has 0 aromatic carbocycles. The Bertz CT molecular complexity index is 277. The summed E-state index contributed by atoms with van der Waals surface area (Å²) in [4.78, 5) is 0. The Balaban J connectivity index is 2.30. The van der Waals surface area contributed by atoms with Gasteiger partial charge in [0.15, 0.2) is 0 Å². The van der Waals surface area contributed by atoms with E-state index in [0.29, 0.717) is 12.0 Å². The summed E-state index contributed by atoms with van der Waals surface area (Å²) in [6, 6.07) is 2.48. The lowest BCUT2D eigenvalue weighted by Crippen LogP contribution is -2.00. The molecule has 0 unspecified atom stereocenters. The highest BCUT2D eigenvalue weighted by atomic mass is 16.3. The lowest BCUT2D eigenvalue weighted by molar-refractivity contribution is 0.501. The molecule has 0 saturated heterocycles. The normalized spacial score (nSPS) is 29.0. The Morgan fingerprint density at radius 2 is 2.18 bits per heavy atom. The van der Waals surface area contributed by atoms with Crippen molar-refractivity contribution in [1.29, 1.82) is 0 Å². The molecule has 1 saturated carbocycles. The first kappa shape index (κ1) is 6.92. The Morgan fingerprint density at radius 1 is 1.55 bits per heavy atom. The summed E-state index contributed by atoms with van der Waals surface area (Å²) < 4.78 is 5.41. The van der Waals surface area contributed by atoms with Crippen LogP contribution >= 0.6 is 0 Å². The second-order valence-electron chi connectivity index (χ2n) is 3.37. The topological polar surface area (TPSA) is 39.2 Å². The van der Waals surface area contributed by atoms with E-state index in [-0.39, 0.29) is 0 Å². The van der Waals surface area contributed by atoms with Crippen molar-refractivity contribution in [2.75, 3.05) is 0 Å². The van der Waals surface area contributed by atoms with Gasteiger partial charge in [-0.25, -0.2) is 0 Å². The average molecular weight is 151 g/mol. The summed E-state index contributed by atoms with van der Waals surface area (Å²) in [5, 5.41) is 0. The van der Waals surface area contributed by atoms with Crippen LogP contribution in [-0.2, 0) is 0 Å². The van der Waals surface area contributed by atoms with Crippen LogP contribution in [0.25, 0.3) is 0 Å². The first-order valence-electron chi connectivity index (χ1n) is 4.01. The van der Waals surface area contributed by atoms with Crippen molar-refractivity contribution >= 4 is 0 Å². The Morgan fingerprint density at radius 3 is 2.55 bits per heavy atom. The van der Waals surface area contributed by atoms with E-state index >= 15 is 0 Å². The van der Waals surface area contributed by atoms with E-state index in [4.69, 9.17) is 10.2 Å². The van der Waals surface area contributed by atoms with Gasteiger partial charge >= 0.3 is 0 Å². The van der Waals surface area contributed by atoms with Gasteiger partial charge in [0.1, 0.15) is 11.5 Å². The molecule has 2 N–H and O–H groups in total. The lowest BCUT2D eigenvalue weighted by Gasteiger charge is -1.91. The van der Waals surface area contributed by atoms with Crippen LogP contribution in [0.15, 0.2) is 10.5 Å². The van der Waals surface area contributed by atoms with E-state index in [1.54, 1.807) is 0 Å². The molecule has 2 atom stereocenters. The van der Waals surface area contributed by atoms with E-state index in [9.17, 15) is 0 Å². The van der Waals surface area contributed by atoms with Crippen LogP contribution in [0.5, 0.6) is 0 Å². The summed E-state index contributed by atoms with van der Waals surface area (Å²) >= 11 is 0. The van der Waals surface area contributed by atoms with Gasteiger partial charge in [0, 0.05) is 12.0 Å². The first-order chi connectivity index (χ1) is 5.18. The van der Waals surface area contributed by atoms with Gasteiger partial charge in [-0.1, -0.05) is 0 Å². The third-order valence-corrected chi connectivity index (χ3v) is 2.32. The summed E-state index contributed by atoms with van der Waals surface area (Å²) in [5.41, 5.74) is 7.05. The van der Waals surface area contributed by atoms with E-state index in [0.717, 1.165) is 17.9 Å². The third-order valence-electron chi connectivity index (χ3n) is 2.32. The number of rotatable bonds is 1. The van der Waals surface area contributed by atoms with Crippen LogP contribution in [0.2, 0.25) is 0 Å². The van der Waals surface area contributed by atoms with Gasteiger partial charge in [0.2, 0.25) is 0 Å². The van der Waals surface area contributed by atoms with Crippen molar-refractivity contribution in [3.8, 4) is 0 Å². The van der Waals surface area contributed by atoms with E-state index in [2.05, 4.69) is 6.07 Å². The number of hydrogen-bond acceptors (Lipinski definition) is 2. The number of aryl methyl sites for hydroxylation is 2. The van der Waals surface area contributed by atoms with Crippen molar-refractivity contribution in [2.45, 2.75) is 32.2 Å². The number of nitrogens with two attached hydrogens (primary N) is 1. The standard InChI is InChI=1S/C9H13NO/c1-5-3-7(6(2)11-5)8-4-9(8)10/h3,8-9H,4,10H2,1-2H3/t8-,9+/m0/s1. The largest absolute Gasteiger partial charge is 0.466 e. The van der Waals surface area contributed by atoms with Gasteiger partial charge in [0.05, 0.1) is 0 Å². The molecule has 1 heterocycles. The van der Waals surface area contributed by atoms with E-state index in [1.807, 2.05) is 13.8 Å². The molecule has 2 heteroatoms. The zero-order valence-corrected chi connectivity index (χ0v) is 6.92. The summed E-state index contributed by atoms with van der Waals surface area (Å²) in [6.45, 7) is 3.98. The molecule has 2 nitrogen and oxygen atoms in total. The van der Waals surface area contributed by atoms with Crippen molar-refractivity contribution in [3.63, 3.8) is 0 Å². The van der Waals surface area contributed by atoms with Gasteiger partial charge in [-0.05, 0) is 31.9 Å². The monoisotopic (exact) mass is 151 g/mol. The minimum atomic E-state index is 0.380. The minimum absolute atomic E-state index is 0.380. The molecule has 2 rings (SSSR count). The van der Waals surface area contributed by atoms with Gasteiger partial charge in [-0.3, -0.25) is 0 Å². The predicted octanol–water partition coefficient (Wildman–Crippen LogP) is 1.71.